The van der Waals surface area contributed by atoms with E-state index in [-0.39, 0.29) is 18.4 Å². The van der Waals surface area contributed by atoms with Gasteiger partial charge in [0, 0.05) is 12.2 Å². The lowest BCUT2D eigenvalue weighted by Gasteiger charge is -2.10. The Balaban J connectivity index is 1.78. The molecule has 1 atom stereocenters. The van der Waals surface area contributed by atoms with Crippen molar-refractivity contribution in [3.8, 4) is 0 Å². The zero-order valence-corrected chi connectivity index (χ0v) is 13.4. The molecule has 5 heteroatoms. The number of anilines is 1. The maximum Gasteiger partial charge on any atom is 0.241 e. The summed E-state index contributed by atoms with van der Waals surface area (Å²) in [6, 6.07) is 8.15. The zero-order chi connectivity index (χ0) is 15.9. The fraction of sp³-hybridized carbons (Fsp3) is 0.529. The first-order valence-electron chi connectivity index (χ1n) is 8.02. The van der Waals surface area contributed by atoms with Crippen LogP contribution in [0.5, 0.6) is 0 Å². The number of guanidine groups is 1. The molecule has 1 saturated carbocycles. The van der Waals surface area contributed by atoms with Crippen LogP contribution in [0.2, 0.25) is 0 Å². The molecule has 1 aliphatic carbocycles. The van der Waals surface area contributed by atoms with E-state index >= 15 is 0 Å². The van der Waals surface area contributed by atoms with E-state index in [1.165, 1.54) is 18.4 Å². The number of hydrogen-bond acceptors (Lipinski definition) is 2. The van der Waals surface area contributed by atoms with E-state index in [1.54, 1.807) is 0 Å². The third-order valence-electron chi connectivity index (χ3n) is 4.04. The molecule has 1 aliphatic rings. The van der Waals surface area contributed by atoms with Crippen molar-refractivity contribution in [2.75, 3.05) is 18.4 Å². The van der Waals surface area contributed by atoms with Gasteiger partial charge in [-0.25, -0.2) is 4.99 Å². The first-order chi connectivity index (χ1) is 10.6. The zero-order valence-electron chi connectivity index (χ0n) is 13.4. The Kier molecular flexibility index (Phi) is 5.81. The van der Waals surface area contributed by atoms with Gasteiger partial charge in [0.2, 0.25) is 5.91 Å². The summed E-state index contributed by atoms with van der Waals surface area (Å²) < 4.78 is 0. The van der Waals surface area contributed by atoms with Crippen LogP contribution in [0.25, 0.3) is 0 Å². The average Bonchev–Trinajstić information content (AvgIpc) is 3.35. The maximum absolute atomic E-state index is 11.6. The Morgan fingerprint density at radius 1 is 1.36 bits per heavy atom. The molecule has 0 bridgehead atoms. The monoisotopic (exact) mass is 302 g/mol. The molecular weight excluding hydrogens is 276 g/mol. The van der Waals surface area contributed by atoms with Gasteiger partial charge in [0.05, 0.1) is 0 Å². The van der Waals surface area contributed by atoms with Crippen molar-refractivity contribution in [2.45, 2.75) is 39.0 Å². The molecule has 1 amide bonds. The van der Waals surface area contributed by atoms with Gasteiger partial charge >= 0.3 is 0 Å². The molecule has 120 valence electrons. The van der Waals surface area contributed by atoms with Crippen molar-refractivity contribution < 1.29 is 4.79 Å². The summed E-state index contributed by atoms with van der Waals surface area (Å²) >= 11 is 0. The normalized spacial score (nSPS) is 16.2. The van der Waals surface area contributed by atoms with Crippen LogP contribution < -0.4 is 16.4 Å². The number of carbonyl (C=O) groups excluding carboxylic acids is 1. The summed E-state index contributed by atoms with van der Waals surface area (Å²) in [5.74, 6) is 1.41. The molecule has 0 radical (unpaired) electrons. The summed E-state index contributed by atoms with van der Waals surface area (Å²) in [7, 11) is 0. The summed E-state index contributed by atoms with van der Waals surface area (Å²) in [6.45, 7) is 5.21. The molecule has 0 heterocycles. The predicted octanol–water partition coefficient (Wildman–Crippen LogP) is 2.45. The number of nitrogens with one attached hydrogen (secondary N) is 2. The second-order valence-corrected chi connectivity index (χ2v) is 6.01. The third-order valence-corrected chi connectivity index (χ3v) is 4.04. The van der Waals surface area contributed by atoms with Gasteiger partial charge in [-0.15, -0.1) is 0 Å². The molecule has 5 nitrogen and oxygen atoms in total. The fourth-order valence-corrected chi connectivity index (χ4v) is 2.11. The number of hydrogen-bond donors (Lipinski definition) is 3. The molecule has 0 aromatic heterocycles. The van der Waals surface area contributed by atoms with E-state index in [0.717, 1.165) is 18.7 Å². The first kappa shape index (κ1) is 16.3. The molecule has 0 aliphatic heterocycles. The van der Waals surface area contributed by atoms with Crippen molar-refractivity contribution in [3.63, 3.8) is 0 Å². The average molecular weight is 302 g/mol. The van der Waals surface area contributed by atoms with Crippen LogP contribution in [0.4, 0.5) is 5.69 Å². The number of nitrogens with two attached hydrogens (primary N) is 1. The topological polar surface area (TPSA) is 79.5 Å². The van der Waals surface area contributed by atoms with E-state index in [9.17, 15) is 4.79 Å². The standard InChI is InChI=1S/C17H26N4O/c1-3-12(2)14-6-8-15(9-7-14)21-17(18)20-11-16(22)19-10-13-4-5-13/h6-9,12-13H,3-5,10-11H2,1-2H3,(H,19,22)(H3,18,20,21). The van der Waals surface area contributed by atoms with Crippen LogP contribution >= 0.6 is 0 Å². The second-order valence-electron chi connectivity index (χ2n) is 6.01. The van der Waals surface area contributed by atoms with Gasteiger partial charge in [0.1, 0.15) is 6.54 Å². The molecular formula is C17H26N4O. The molecule has 0 saturated heterocycles. The number of amides is 1. The number of benzene rings is 1. The summed E-state index contributed by atoms with van der Waals surface area (Å²) in [5.41, 5.74) is 7.99. The minimum atomic E-state index is -0.0798. The van der Waals surface area contributed by atoms with Gasteiger partial charge in [-0.3, -0.25) is 4.79 Å². The van der Waals surface area contributed by atoms with Crippen molar-refractivity contribution in [3.05, 3.63) is 29.8 Å². The molecule has 4 N–H and O–H groups in total. The summed E-state index contributed by atoms with van der Waals surface area (Å²) in [6.07, 6.45) is 3.56. The molecule has 2 rings (SSSR count). The molecule has 1 aromatic carbocycles. The van der Waals surface area contributed by atoms with Crippen molar-refractivity contribution >= 4 is 17.6 Å². The third kappa shape index (κ3) is 5.39. The molecule has 1 unspecified atom stereocenters. The highest BCUT2D eigenvalue weighted by atomic mass is 16.1. The summed E-state index contributed by atoms with van der Waals surface area (Å²) in [4.78, 5) is 15.6. The predicted molar refractivity (Wildman–Crippen MR) is 91.0 cm³/mol. The fourth-order valence-electron chi connectivity index (χ4n) is 2.11. The minimum Gasteiger partial charge on any atom is -0.370 e. The van der Waals surface area contributed by atoms with Crippen LogP contribution in [0.1, 0.15) is 44.6 Å². The number of carbonyl (C=O) groups is 1. The van der Waals surface area contributed by atoms with Gasteiger partial charge in [-0.05, 0) is 48.8 Å². The minimum absolute atomic E-state index is 0.0660. The molecule has 0 spiro atoms. The van der Waals surface area contributed by atoms with Crippen LogP contribution in [0, 0.1) is 5.92 Å². The number of rotatable bonds is 7. The molecule has 1 aromatic rings. The Morgan fingerprint density at radius 3 is 2.64 bits per heavy atom. The highest BCUT2D eigenvalue weighted by Gasteiger charge is 2.21. The van der Waals surface area contributed by atoms with E-state index in [4.69, 9.17) is 5.73 Å². The molecule has 22 heavy (non-hydrogen) atoms. The Labute approximate surface area is 132 Å². The van der Waals surface area contributed by atoms with E-state index in [0.29, 0.717) is 11.8 Å². The van der Waals surface area contributed by atoms with E-state index < -0.39 is 0 Å². The van der Waals surface area contributed by atoms with Crippen molar-refractivity contribution in [1.29, 1.82) is 0 Å². The second kappa shape index (κ2) is 7.82. The Bertz CT molecular complexity index is 520. The molecule has 1 fully saturated rings. The smallest absolute Gasteiger partial charge is 0.241 e. The lowest BCUT2D eigenvalue weighted by atomic mass is 9.99. The van der Waals surface area contributed by atoms with Crippen LogP contribution in [0.15, 0.2) is 29.3 Å². The van der Waals surface area contributed by atoms with Crippen molar-refractivity contribution in [1.82, 2.24) is 5.32 Å². The van der Waals surface area contributed by atoms with E-state index in [2.05, 4.69) is 41.6 Å². The lowest BCUT2D eigenvalue weighted by molar-refractivity contribution is -0.119. The van der Waals surface area contributed by atoms with Crippen LogP contribution in [-0.4, -0.2) is 25.0 Å². The van der Waals surface area contributed by atoms with Gasteiger partial charge in [0.15, 0.2) is 5.96 Å². The number of aliphatic imine (C=N–C) groups is 1. The van der Waals surface area contributed by atoms with E-state index in [1.807, 2.05) is 12.1 Å². The highest BCUT2D eigenvalue weighted by Crippen LogP contribution is 2.27. The van der Waals surface area contributed by atoms with Crippen LogP contribution in [0.3, 0.4) is 0 Å². The summed E-state index contributed by atoms with van der Waals surface area (Å²) in [5, 5.41) is 5.87. The first-order valence-corrected chi connectivity index (χ1v) is 8.02. The maximum atomic E-state index is 11.6. The van der Waals surface area contributed by atoms with Gasteiger partial charge in [0.25, 0.3) is 0 Å². The van der Waals surface area contributed by atoms with Crippen molar-refractivity contribution in [2.24, 2.45) is 16.6 Å². The van der Waals surface area contributed by atoms with Crippen LogP contribution in [-0.2, 0) is 4.79 Å². The van der Waals surface area contributed by atoms with Gasteiger partial charge in [-0.1, -0.05) is 26.0 Å². The Morgan fingerprint density at radius 2 is 2.05 bits per heavy atom. The van der Waals surface area contributed by atoms with Gasteiger partial charge in [-0.2, -0.15) is 0 Å². The highest BCUT2D eigenvalue weighted by molar-refractivity contribution is 5.93. The lowest BCUT2D eigenvalue weighted by Crippen LogP contribution is -2.30. The largest absolute Gasteiger partial charge is 0.370 e. The Hall–Kier alpha value is -2.04. The van der Waals surface area contributed by atoms with Gasteiger partial charge < -0.3 is 16.4 Å². The number of nitrogens with zero attached hydrogens (tertiary/aromatic N) is 1. The SMILES string of the molecule is CCC(C)c1ccc(NC(N)=NCC(=O)NCC2CC2)cc1. The quantitative estimate of drug-likeness (QED) is 0.534.